The Kier molecular flexibility index (Phi) is 4.58. The highest BCUT2D eigenvalue weighted by atomic mass is 16.1. The molecule has 88 valence electrons. The van der Waals surface area contributed by atoms with E-state index in [1.54, 1.807) is 0 Å². The zero-order chi connectivity index (χ0) is 11.3. The van der Waals surface area contributed by atoms with Crippen molar-refractivity contribution in [2.24, 2.45) is 17.1 Å². The molecule has 1 atom stereocenters. The van der Waals surface area contributed by atoms with Crippen molar-refractivity contribution in [3.05, 3.63) is 0 Å². The van der Waals surface area contributed by atoms with Gasteiger partial charge < -0.3 is 11.1 Å². The van der Waals surface area contributed by atoms with Gasteiger partial charge in [0, 0.05) is 13.0 Å². The number of nitrogens with one attached hydrogen (secondary N) is 1. The van der Waals surface area contributed by atoms with Crippen LogP contribution < -0.4 is 11.1 Å². The summed E-state index contributed by atoms with van der Waals surface area (Å²) < 4.78 is 0. The minimum atomic E-state index is 0.167. The smallest absolute Gasteiger partial charge is 0.220 e. The number of nitrogens with two attached hydrogens (primary N) is 1. The Morgan fingerprint density at radius 1 is 1.53 bits per heavy atom. The van der Waals surface area contributed by atoms with Crippen LogP contribution in [0.1, 0.15) is 46.0 Å². The van der Waals surface area contributed by atoms with E-state index in [-0.39, 0.29) is 5.91 Å². The zero-order valence-corrected chi connectivity index (χ0v) is 10.0. The van der Waals surface area contributed by atoms with Crippen molar-refractivity contribution in [3.8, 4) is 0 Å². The summed E-state index contributed by atoms with van der Waals surface area (Å²) in [4.78, 5) is 11.6. The lowest BCUT2D eigenvalue weighted by Gasteiger charge is -2.38. The molecule has 0 bridgehead atoms. The number of rotatable bonds is 6. The minimum absolute atomic E-state index is 0.167. The maximum absolute atomic E-state index is 11.6. The Bertz CT molecular complexity index is 208. The number of hydrogen-bond acceptors (Lipinski definition) is 2. The number of carbonyl (C=O) groups excluding carboxylic acids is 1. The monoisotopic (exact) mass is 212 g/mol. The maximum atomic E-state index is 11.6. The Balaban J connectivity index is 2.18. The van der Waals surface area contributed by atoms with Gasteiger partial charge in [0.2, 0.25) is 5.91 Å². The van der Waals surface area contributed by atoms with Crippen LogP contribution in [0, 0.1) is 11.3 Å². The topological polar surface area (TPSA) is 55.1 Å². The average Bonchev–Trinajstić information content (AvgIpc) is 2.20. The van der Waals surface area contributed by atoms with E-state index in [1.807, 2.05) is 0 Å². The maximum Gasteiger partial charge on any atom is 0.220 e. The highest BCUT2D eigenvalue weighted by molar-refractivity contribution is 5.76. The molecule has 1 aliphatic carbocycles. The first-order valence-electron chi connectivity index (χ1n) is 6.06. The highest BCUT2D eigenvalue weighted by Crippen LogP contribution is 2.39. The number of carbonyl (C=O) groups is 1. The molecule has 3 N–H and O–H groups in total. The molecular formula is C12H24N2O. The molecule has 0 saturated heterocycles. The molecule has 1 amide bonds. The second-order valence-electron chi connectivity index (χ2n) is 5.16. The lowest BCUT2D eigenvalue weighted by atomic mass is 9.70. The van der Waals surface area contributed by atoms with Gasteiger partial charge in [-0.25, -0.2) is 0 Å². The van der Waals surface area contributed by atoms with Crippen LogP contribution in [-0.2, 0) is 4.79 Å². The third-order valence-corrected chi connectivity index (χ3v) is 3.66. The lowest BCUT2D eigenvalue weighted by molar-refractivity contribution is -0.122. The number of hydrogen-bond donors (Lipinski definition) is 2. The van der Waals surface area contributed by atoms with Gasteiger partial charge in [-0.05, 0) is 30.7 Å². The molecule has 0 aliphatic heterocycles. The largest absolute Gasteiger partial charge is 0.356 e. The SMILES string of the molecule is CCC(CN)CC(=O)NCC1(C)CCC1. The Morgan fingerprint density at radius 2 is 2.20 bits per heavy atom. The fraction of sp³-hybridized carbons (Fsp3) is 0.917. The van der Waals surface area contributed by atoms with Gasteiger partial charge in [-0.15, -0.1) is 0 Å². The van der Waals surface area contributed by atoms with Crippen molar-refractivity contribution in [2.75, 3.05) is 13.1 Å². The lowest BCUT2D eigenvalue weighted by Crippen LogP contribution is -2.40. The van der Waals surface area contributed by atoms with E-state index in [0.29, 0.717) is 24.3 Å². The van der Waals surface area contributed by atoms with Gasteiger partial charge in [-0.2, -0.15) is 0 Å². The minimum Gasteiger partial charge on any atom is -0.356 e. The van der Waals surface area contributed by atoms with E-state index < -0.39 is 0 Å². The van der Waals surface area contributed by atoms with E-state index in [9.17, 15) is 4.79 Å². The van der Waals surface area contributed by atoms with Crippen molar-refractivity contribution in [1.82, 2.24) is 5.32 Å². The first-order valence-corrected chi connectivity index (χ1v) is 6.06. The number of amides is 1. The summed E-state index contributed by atoms with van der Waals surface area (Å²) in [6, 6.07) is 0. The third kappa shape index (κ3) is 3.82. The van der Waals surface area contributed by atoms with Gasteiger partial charge in [0.05, 0.1) is 0 Å². The Morgan fingerprint density at radius 3 is 2.60 bits per heavy atom. The second kappa shape index (κ2) is 5.50. The molecule has 0 heterocycles. The molecule has 0 radical (unpaired) electrons. The summed E-state index contributed by atoms with van der Waals surface area (Å²) in [5.74, 6) is 0.514. The summed E-state index contributed by atoms with van der Waals surface area (Å²) >= 11 is 0. The molecule has 15 heavy (non-hydrogen) atoms. The van der Waals surface area contributed by atoms with Crippen LogP contribution in [0.25, 0.3) is 0 Å². The van der Waals surface area contributed by atoms with E-state index in [0.717, 1.165) is 13.0 Å². The van der Waals surface area contributed by atoms with Crippen molar-refractivity contribution in [1.29, 1.82) is 0 Å². The molecule has 1 fully saturated rings. The molecule has 3 heteroatoms. The summed E-state index contributed by atoms with van der Waals surface area (Å²) in [7, 11) is 0. The molecule has 0 spiro atoms. The fourth-order valence-electron chi connectivity index (χ4n) is 2.00. The van der Waals surface area contributed by atoms with E-state index in [2.05, 4.69) is 19.2 Å². The summed E-state index contributed by atoms with van der Waals surface area (Å²) in [6.07, 6.45) is 5.39. The van der Waals surface area contributed by atoms with Crippen LogP contribution >= 0.6 is 0 Å². The molecular weight excluding hydrogens is 188 g/mol. The van der Waals surface area contributed by atoms with Gasteiger partial charge in [0.1, 0.15) is 0 Å². The first kappa shape index (κ1) is 12.5. The molecule has 1 aliphatic rings. The normalized spacial score (nSPS) is 20.5. The van der Waals surface area contributed by atoms with Crippen molar-refractivity contribution >= 4 is 5.91 Å². The molecule has 3 nitrogen and oxygen atoms in total. The quantitative estimate of drug-likeness (QED) is 0.703. The fourth-order valence-corrected chi connectivity index (χ4v) is 2.00. The van der Waals surface area contributed by atoms with Crippen molar-refractivity contribution in [3.63, 3.8) is 0 Å². The zero-order valence-electron chi connectivity index (χ0n) is 10.0. The average molecular weight is 212 g/mol. The predicted octanol–water partition coefficient (Wildman–Crippen LogP) is 1.67. The predicted molar refractivity (Wildman–Crippen MR) is 62.4 cm³/mol. The van der Waals surface area contributed by atoms with Crippen LogP contribution in [-0.4, -0.2) is 19.0 Å². The third-order valence-electron chi connectivity index (χ3n) is 3.66. The summed E-state index contributed by atoms with van der Waals surface area (Å²) in [6.45, 7) is 5.78. The van der Waals surface area contributed by atoms with E-state index in [1.165, 1.54) is 19.3 Å². The van der Waals surface area contributed by atoms with Gasteiger partial charge in [-0.3, -0.25) is 4.79 Å². The van der Waals surface area contributed by atoms with E-state index >= 15 is 0 Å². The molecule has 0 aromatic carbocycles. The highest BCUT2D eigenvalue weighted by Gasteiger charge is 2.31. The Hall–Kier alpha value is -0.570. The van der Waals surface area contributed by atoms with Crippen LogP contribution in [0.15, 0.2) is 0 Å². The van der Waals surface area contributed by atoms with Gasteiger partial charge in [-0.1, -0.05) is 26.7 Å². The second-order valence-corrected chi connectivity index (χ2v) is 5.16. The molecule has 0 aromatic rings. The van der Waals surface area contributed by atoms with Gasteiger partial charge >= 0.3 is 0 Å². The van der Waals surface area contributed by atoms with Crippen LogP contribution in [0.3, 0.4) is 0 Å². The molecule has 1 saturated carbocycles. The molecule has 1 rings (SSSR count). The van der Waals surface area contributed by atoms with Crippen LogP contribution in [0.4, 0.5) is 0 Å². The van der Waals surface area contributed by atoms with E-state index in [4.69, 9.17) is 5.73 Å². The van der Waals surface area contributed by atoms with Crippen molar-refractivity contribution in [2.45, 2.75) is 46.0 Å². The van der Waals surface area contributed by atoms with Gasteiger partial charge in [0.25, 0.3) is 0 Å². The molecule has 0 aromatic heterocycles. The standard InChI is InChI=1S/C12H24N2O/c1-3-10(8-13)7-11(15)14-9-12(2)5-4-6-12/h10H,3-9,13H2,1-2H3,(H,14,15). The van der Waals surface area contributed by atoms with Crippen molar-refractivity contribution < 1.29 is 4.79 Å². The molecule has 1 unspecified atom stereocenters. The van der Waals surface area contributed by atoms with Gasteiger partial charge in [0.15, 0.2) is 0 Å². The first-order chi connectivity index (χ1) is 7.09. The van der Waals surface area contributed by atoms with Crippen LogP contribution in [0.2, 0.25) is 0 Å². The summed E-state index contributed by atoms with van der Waals surface area (Å²) in [5.41, 5.74) is 5.95. The summed E-state index contributed by atoms with van der Waals surface area (Å²) in [5, 5.41) is 3.03. The Labute approximate surface area is 92.8 Å². The van der Waals surface area contributed by atoms with Crippen LogP contribution in [0.5, 0.6) is 0 Å².